The molecule has 0 radical (unpaired) electrons. The van der Waals surface area contributed by atoms with Crippen LogP contribution in [0.25, 0.3) is 0 Å². The molecule has 3 nitrogen and oxygen atoms in total. The Kier molecular flexibility index (Phi) is 5.38. The van der Waals surface area contributed by atoms with E-state index >= 15 is 0 Å². The van der Waals surface area contributed by atoms with E-state index in [0.29, 0.717) is 16.0 Å². The van der Waals surface area contributed by atoms with Crippen LogP contribution in [0.1, 0.15) is 41.9 Å². The predicted molar refractivity (Wildman–Crippen MR) is 86.0 cm³/mol. The first kappa shape index (κ1) is 15.7. The first-order chi connectivity index (χ1) is 9.54. The van der Waals surface area contributed by atoms with E-state index < -0.39 is 0 Å². The first-order valence-corrected chi connectivity index (χ1v) is 7.99. The standard InChI is InChI=1S/C14H17Cl2N3S/c1-8(2)13-14(20-19-18-13)11(17-3)7-9-5-4-6-10(15)12(9)16/h4-6,8,11,17H,7H2,1-3H3. The molecule has 2 aromatic rings. The van der Waals surface area contributed by atoms with Gasteiger partial charge in [0.1, 0.15) is 0 Å². The lowest BCUT2D eigenvalue weighted by molar-refractivity contribution is 0.589. The third kappa shape index (κ3) is 3.31. The zero-order valence-electron chi connectivity index (χ0n) is 11.7. The van der Waals surface area contributed by atoms with Gasteiger partial charge in [-0.1, -0.05) is 53.7 Å². The van der Waals surface area contributed by atoms with Gasteiger partial charge in [0.05, 0.1) is 20.6 Å². The van der Waals surface area contributed by atoms with Crippen LogP contribution in [0.3, 0.4) is 0 Å². The van der Waals surface area contributed by atoms with E-state index in [1.807, 2.05) is 19.2 Å². The van der Waals surface area contributed by atoms with Crippen molar-refractivity contribution in [2.24, 2.45) is 0 Å². The van der Waals surface area contributed by atoms with Crippen LogP contribution in [0, 0.1) is 0 Å². The van der Waals surface area contributed by atoms with E-state index in [1.165, 1.54) is 16.4 Å². The summed E-state index contributed by atoms with van der Waals surface area (Å²) in [6, 6.07) is 5.87. The zero-order valence-corrected chi connectivity index (χ0v) is 14.0. The second kappa shape index (κ2) is 6.85. The number of likely N-dealkylation sites (N-methyl/N-ethyl adjacent to an activating group) is 1. The maximum absolute atomic E-state index is 6.27. The molecule has 1 aromatic carbocycles. The summed E-state index contributed by atoms with van der Waals surface area (Å²) in [7, 11) is 1.94. The summed E-state index contributed by atoms with van der Waals surface area (Å²) in [6.07, 6.45) is 0.763. The number of aromatic nitrogens is 2. The molecule has 1 atom stereocenters. The second-order valence-electron chi connectivity index (χ2n) is 4.94. The van der Waals surface area contributed by atoms with E-state index in [1.54, 1.807) is 6.07 Å². The van der Waals surface area contributed by atoms with Crippen molar-refractivity contribution in [3.63, 3.8) is 0 Å². The van der Waals surface area contributed by atoms with E-state index in [9.17, 15) is 0 Å². The quantitative estimate of drug-likeness (QED) is 0.879. The Hall–Kier alpha value is -0.680. The molecular formula is C14H17Cl2N3S. The van der Waals surface area contributed by atoms with Crippen LogP contribution >= 0.6 is 34.7 Å². The van der Waals surface area contributed by atoms with Crippen molar-refractivity contribution in [2.75, 3.05) is 7.05 Å². The molecular weight excluding hydrogens is 313 g/mol. The molecule has 1 N–H and O–H groups in total. The number of benzene rings is 1. The van der Waals surface area contributed by atoms with E-state index in [-0.39, 0.29) is 6.04 Å². The lowest BCUT2D eigenvalue weighted by Crippen LogP contribution is -2.19. The lowest BCUT2D eigenvalue weighted by Gasteiger charge is -2.17. The Morgan fingerprint density at radius 1 is 1.30 bits per heavy atom. The van der Waals surface area contributed by atoms with Gasteiger partial charge in [-0.3, -0.25) is 0 Å². The maximum atomic E-state index is 6.27. The van der Waals surface area contributed by atoms with E-state index in [2.05, 4.69) is 28.8 Å². The molecule has 0 fully saturated rings. The van der Waals surface area contributed by atoms with Crippen molar-refractivity contribution in [2.45, 2.75) is 32.2 Å². The summed E-state index contributed by atoms with van der Waals surface area (Å²) in [5.74, 6) is 0.356. The summed E-state index contributed by atoms with van der Waals surface area (Å²) >= 11 is 13.8. The number of halogens is 2. The van der Waals surface area contributed by atoms with Gasteiger partial charge in [0.25, 0.3) is 0 Å². The molecule has 0 aliphatic rings. The molecule has 20 heavy (non-hydrogen) atoms. The lowest BCUT2D eigenvalue weighted by atomic mass is 10.0. The second-order valence-corrected chi connectivity index (χ2v) is 6.51. The number of hydrogen-bond acceptors (Lipinski definition) is 4. The molecule has 6 heteroatoms. The summed E-state index contributed by atoms with van der Waals surface area (Å²) in [5, 5.41) is 8.77. The van der Waals surface area contributed by atoms with Gasteiger partial charge in [-0.15, -0.1) is 5.10 Å². The molecule has 1 unspecified atom stereocenters. The van der Waals surface area contributed by atoms with Crippen molar-refractivity contribution in [3.8, 4) is 0 Å². The first-order valence-electron chi connectivity index (χ1n) is 6.46. The molecule has 0 bridgehead atoms. The van der Waals surface area contributed by atoms with Gasteiger partial charge in [0.2, 0.25) is 0 Å². The van der Waals surface area contributed by atoms with Gasteiger partial charge in [-0.2, -0.15) is 0 Å². The summed E-state index contributed by atoms with van der Waals surface area (Å²) < 4.78 is 4.09. The number of nitrogens with zero attached hydrogens (tertiary/aromatic N) is 2. The minimum Gasteiger partial charge on any atom is -0.312 e. The Bertz CT molecular complexity index is 584. The van der Waals surface area contributed by atoms with E-state index in [0.717, 1.165) is 17.7 Å². The van der Waals surface area contributed by atoms with Gasteiger partial charge in [-0.05, 0) is 42.5 Å². The molecule has 0 saturated heterocycles. The normalized spacial score (nSPS) is 12.9. The van der Waals surface area contributed by atoms with Crippen molar-refractivity contribution in [3.05, 3.63) is 44.4 Å². The molecule has 1 heterocycles. The van der Waals surface area contributed by atoms with Crippen LogP contribution in [0.15, 0.2) is 18.2 Å². The number of hydrogen-bond donors (Lipinski definition) is 1. The van der Waals surface area contributed by atoms with Gasteiger partial charge >= 0.3 is 0 Å². The third-order valence-corrected chi connectivity index (χ3v) is 4.92. The van der Waals surface area contributed by atoms with Gasteiger partial charge in [-0.25, -0.2) is 0 Å². The Labute approximate surface area is 133 Å². The van der Waals surface area contributed by atoms with Crippen LogP contribution in [0.4, 0.5) is 0 Å². The largest absolute Gasteiger partial charge is 0.312 e. The molecule has 108 valence electrons. The minimum absolute atomic E-state index is 0.142. The van der Waals surface area contributed by atoms with Gasteiger partial charge < -0.3 is 5.32 Å². The average molecular weight is 330 g/mol. The Morgan fingerprint density at radius 3 is 2.70 bits per heavy atom. The summed E-state index contributed by atoms with van der Waals surface area (Å²) in [5.41, 5.74) is 2.08. The van der Waals surface area contributed by atoms with Crippen LogP contribution in [0.5, 0.6) is 0 Å². The molecule has 0 saturated carbocycles. The van der Waals surface area contributed by atoms with Gasteiger partial charge in [0.15, 0.2) is 0 Å². The highest BCUT2D eigenvalue weighted by molar-refractivity contribution is 7.05. The Morgan fingerprint density at radius 2 is 2.05 bits per heavy atom. The third-order valence-electron chi connectivity index (χ3n) is 3.21. The fourth-order valence-corrected chi connectivity index (χ4v) is 3.41. The van der Waals surface area contributed by atoms with Crippen molar-refractivity contribution < 1.29 is 0 Å². The molecule has 0 aliphatic heterocycles. The molecule has 2 rings (SSSR count). The highest BCUT2D eigenvalue weighted by Crippen LogP contribution is 2.32. The van der Waals surface area contributed by atoms with Crippen LogP contribution in [-0.2, 0) is 6.42 Å². The van der Waals surface area contributed by atoms with Crippen LogP contribution < -0.4 is 5.32 Å². The summed E-state index contributed by atoms with van der Waals surface area (Å²) in [6.45, 7) is 4.25. The monoisotopic (exact) mass is 329 g/mol. The predicted octanol–water partition coefficient (Wildman–Crippen LogP) is 4.47. The molecule has 0 amide bonds. The van der Waals surface area contributed by atoms with Crippen LogP contribution in [-0.4, -0.2) is 16.6 Å². The van der Waals surface area contributed by atoms with Crippen molar-refractivity contribution in [1.29, 1.82) is 0 Å². The summed E-state index contributed by atoms with van der Waals surface area (Å²) in [4.78, 5) is 1.17. The number of rotatable bonds is 5. The fraction of sp³-hybridized carbons (Fsp3) is 0.429. The van der Waals surface area contributed by atoms with Gasteiger partial charge in [0, 0.05) is 6.04 Å². The molecule has 0 aliphatic carbocycles. The molecule has 0 spiro atoms. The fourth-order valence-electron chi connectivity index (χ4n) is 2.10. The SMILES string of the molecule is CNC(Cc1cccc(Cl)c1Cl)c1snnc1C(C)C. The number of nitrogens with one attached hydrogen (secondary N) is 1. The minimum atomic E-state index is 0.142. The van der Waals surface area contributed by atoms with Crippen molar-refractivity contribution in [1.82, 2.24) is 14.9 Å². The smallest absolute Gasteiger partial charge is 0.0829 e. The zero-order chi connectivity index (χ0) is 14.7. The van der Waals surface area contributed by atoms with E-state index in [4.69, 9.17) is 23.2 Å². The maximum Gasteiger partial charge on any atom is 0.0829 e. The molecule has 1 aromatic heterocycles. The Balaban J connectivity index is 2.29. The average Bonchev–Trinajstić information content (AvgIpc) is 2.90. The highest BCUT2D eigenvalue weighted by atomic mass is 35.5. The van der Waals surface area contributed by atoms with Crippen molar-refractivity contribution >= 4 is 34.7 Å². The highest BCUT2D eigenvalue weighted by Gasteiger charge is 2.21. The topological polar surface area (TPSA) is 37.8 Å². The van der Waals surface area contributed by atoms with Crippen LogP contribution in [0.2, 0.25) is 10.0 Å².